The normalized spacial score (nSPS) is 18.4. The zero-order chi connectivity index (χ0) is 13.5. The van der Waals surface area contributed by atoms with E-state index in [1.54, 1.807) is 0 Å². The molecule has 2 amide bonds. The first-order chi connectivity index (χ1) is 8.49. The zero-order valence-electron chi connectivity index (χ0n) is 11.2. The lowest BCUT2D eigenvalue weighted by atomic mass is 9.96. The molecule has 0 bridgehead atoms. The number of hydrogen-bond donors (Lipinski definition) is 3. The molecule has 0 aromatic rings. The largest absolute Gasteiger partial charge is 0.480 e. The SMILES string of the molecule is CC(C)C[C@H](NC(=O)NC1CCCCC1)C(=O)O. The summed E-state index contributed by atoms with van der Waals surface area (Å²) in [5.74, 6) is -0.733. The van der Waals surface area contributed by atoms with Crippen LogP contribution in [0.3, 0.4) is 0 Å². The van der Waals surface area contributed by atoms with Crippen LogP contribution < -0.4 is 10.6 Å². The zero-order valence-corrected chi connectivity index (χ0v) is 11.2. The average molecular weight is 256 g/mol. The van der Waals surface area contributed by atoms with Gasteiger partial charge in [0.05, 0.1) is 0 Å². The van der Waals surface area contributed by atoms with Crippen molar-refractivity contribution in [1.82, 2.24) is 10.6 Å². The Morgan fingerprint density at radius 3 is 2.33 bits per heavy atom. The average Bonchev–Trinajstić information content (AvgIpc) is 2.28. The first-order valence-electron chi connectivity index (χ1n) is 6.79. The molecule has 5 nitrogen and oxygen atoms in total. The topological polar surface area (TPSA) is 78.4 Å². The molecule has 0 unspecified atom stereocenters. The van der Waals surface area contributed by atoms with Crippen molar-refractivity contribution in [3.8, 4) is 0 Å². The number of carbonyl (C=O) groups excluding carboxylic acids is 1. The van der Waals surface area contributed by atoms with Crippen LogP contribution in [-0.4, -0.2) is 29.2 Å². The molecule has 1 aliphatic carbocycles. The summed E-state index contributed by atoms with van der Waals surface area (Å²) in [6.07, 6.45) is 5.95. The summed E-state index contributed by atoms with van der Waals surface area (Å²) in [5.41, 5.74) is 0. The molecule has 0 radical (unpaired) electrons. The van der Waals surface area contributed by atoms with Crippen LogP contribution in [0.5, 0.6) is 0 Å². The lowest BCUT2D eigenvalue weighted by Gasteiger charge is -2.24. The molecule has 18 heavy (non-hydrogen) atoms. The fraction of sp³-hybridized carbons (Fsp3) is 0.846. The first kappa shape index (κ1) is 14.8. The molecule has 1 saturated carbocycles. The van der Waals surface area contributed by atoms with E-state index in [0.717, 1.165) is 25.7 Å². The maximum Gasteiger partial charge on any atom is 0.326 e. The van der Waals surface area contributed by atoms with Crippen LogP contribution in [0.1, 0.15) is 52.4 Å². The Balaban J connectivity index is 2.37. The van der Waals surface area contributed by atoms with Gasteiger partial charge >= 0.3 is 12.0 Å². The minimum Gasteiger partial charge on any atom is -0.480 e. The number of carbonyl (C=O) groups is 2. The lowest BCUT2D eigenvalue weighted by Crippen LogP contribution is -2.49. The molecule has 104 valence electrons. The van der Waals surface area contributed by atoms with Crippen molar-refractivity contribution in [2.75, 3.05) is 0 Å². The van der Waals surface area contributed by atoms with Crippen LogP contribution in [-0.2, 0) is 4.79 Å². The van der Waals surface area contributed by atoms with Crippen LogP contribution in [0.2, 0.25) is 0 Å². The molecule has 0 heterocycles. The van der Waals surface area contributed by atoms with Crippen molar-refractivity contribution < 1.29 is 14.7 Å². The summed E-state index contributed by atoms with van der Waals surface area (Å²) >= 11 is 0. The summed E-state index contributed by atoms with van der Waals surface area (Å²) in [4.78, 5) is 22.7. The van der Waals surface area contributed by atoms with Gasteiger partial charge < -0.3 is 15.7 Å². The summed E-state index contributed by atoms with van der Waals surface area (Å²) in [5, 5.41) is 14.4. The molecule has 3 N–H and O–H groups in total. The van der Waals surface area contributed by atoms with Gasteiger partial charge in [-0.05, 0) is 25.2 Å². The second-order valence-electron chi connectivity index (χ2n) is 5.47. The maximum atomic E-state index is 11.7. The van der Waals surface area contributed by atoms with Crippen LogP contribution in [0, 0.1) is 5.92 Å². The fourth-order valence-corrected chi connectivity index (χ4v) is 2.33. The molecule has 0 spiro atoms. The van der Waals surface area contributed by atoms with Gasteiger partial charge in [-0.15, -0.1) is 0 Å². The summed E-state index contributed by atoms with van der Waals surface area (Å²) < 4.78 is 0. The third-order valence-electron chi connectivity index (χ3n) is 3.25. The fourth-order valence-electron chi connectivity index (χ4n) is 2.33. The molecule has 0 saturated heterocycles. The van der Waals surface area contributed by atoms with E-state index in [9.17, 15) is 9.59 Å². The number of urea groups is 1. The van der Waals surface area contributed by atoms with Crippen LogP contribution in [0.15, 0.2) is 0 Å². The molecule has 0 aromatic heterocycles. The highest BCUT2D eigenvalue weighted by atomic mass is 16.4. The molecule has 1 aliphatic rings. The van der Waals surface area contributed by atoms with Crippen LogP contribution >= 0.6 is 0 Å². The third-order valence-corrected chi connectivity index (χ3v) is 3.25. The van der Waals surface area contributed by atoms with Gasteiger partial charge in [-0.1, -0.05) is 33.1 Å². The maximum absolute atomic E-state index is 11.7. The Labute approximate surface area is 108 Å². The predicted octanol–water partition coefficient (Wildman–Crippen LogP) is 2.12. The number of rotatable bonds is 5. The molecule has 0 aliphatic heterocycles. The minimum atomic E-state index is -0.970. The third kappa shape index (κ3) is 5.38. The highest BCUT2D eigenvalue weighted by molar-refractivity contribution is 5.82. The molecular formula is C13H24N2O3. The Hall–Kier alpha value is -1.26. The van der Waals surface area contributed by atoms with Crippen molar-refractivity contribution in [3.63, 3.8) is 0 Å². The Morgan fingerprint density at radius 1 is 1.22 bits per heavy atom. The highest BCUT2D eigenvalue weighted by Gasteiger charge is 2.22. The van der Waals surface area contributed by atoms with Gasteiger partial charge in [-0.2, -0.15) is 0 Å². The molecule has 0 aromatic carbocycles. The second-order valence-corrected chi connectivity index (χ2v) is 5.47. The van der Waals surface area contributed by atoms with E-state index in [4.69, 9.17) is 5.11 Å². The monoisotopic (exact) mass is 256 g/mol. The van der Waals surface area contributed by atoms with E-state index < -0.39 is 12.0 Å². The Bertz CT molecular complexity index is 286. The van der Waals surface area contributed by atoms with Gasteiger partial charge in [0.15, 0.2) is 0 Å². The number of nitrogens with one attached hydrogen (secondary N) is 2. The van der Waals surface area contributed by atoms with Crippen molar-refractivity contribution in [2.24, 2.45) is 5.92 Å². The minimum absolute atomic E-state index is 0.201. The summed E-state index contributed by atoms with van der Waals surface area (Å²) in [6, 6.07) is -0.948. The smallest absolute Gasteiger partial charge is 0.326 e. The molecule has 1 atom stereocenters. The standard InChI is InChI=1S/C13H24N2O3/c1-9(2)8-11(12(16)17)15-13(18)14-10-6-4-3-5-7-10/h9-11H,3-8H2,1-2H3,(H,16,17)(H2,14,15,18)/t11-/m0/s1. The van der Waals surface area contributed by atoms with Gasteiger partial charge in [0.25, 0.3) is 0 Å². The first-order valence-corrected chi connectivity index (χ1v) is 6.79. The predicted molar refractivity (Wildman–Crippen MR) is 69.4 cm³/mol. The van der Waals surface area contributed by atoms with Gasteiger partial charge in [0, 0.05) is 6.04 Å². The molecular weight excluding hydrogens is 232 g/mol. The number of hydrogen-bond acceptors (Lipinski definition) is 2. The highest BCUT2D eigenvalue weighted by Crippen LogP contribution is 2.17. The molecule has 1 fully saturated rings. The Kier molecular flexibility index (Phi) is 5.95. The van der Waals surface area contributed by atoms with Gasteiger partial charge in [-0.3, -0.25) is 0 Å². The van der Waals surface area contributed by atoms with E-state index in [2.05, 4.69) is 10.6 Å². The van der Waals surface area contributed by atoms with Crippen LogP contribution in [0.25, 0.3) is 0 Å². The number of aliphatic carboxylic acids is 1. The summed E-state index contributed by atoms with van der Waals surface area (Å²) in [6.45, 7) is 3.88. The van der Waals surface area contributed by atoms with E-state index in [1.165, 1.54) is 6.42 Å². The second kappa shape index (κ2) is 7.24. The number of carboxylic acids is 1. The van der Waals surface area contributed by atoms with E-state index >= 15 is 0 Å². The van der Waals surface area contributed by atoms with Gasteiger partial charge in [0.2, 0.25) is 0 Å². The van der Waals surface area contributed by atoms with E-state index in [-0.39, 0.29) is 18.0 Å². The van der Waals surface area contributed by atoms with E-state index in [0.29, 0.717) is 6.42 Å². The van der Waals surface area contributed by atoms with Crippen molar-refractivity contribution >= 4 is 12.0 Å². The lowest BCUT2D eigenvalue weighted by molar-refractivity contribution is -0.139. The van der Waals surface area contributed by atoms with Crippen molar-refractivity contribution in [1.29, 1.82) is 0 Å². The van der Waals surface area contributed by atoms with E-state index in [1.807, 2.05) is 13.8 Å². The summed E-state index contributed by atoms with van der Waals surface area (Å²) in [7, 11) is 0. The van der Waals surface area contributed by atoms with Gasteiger partial charge in [-0.25, -0.2) is 9.59 Å². The van der Waals surface area contributed by atoms with Crippen molar-refractivity contribution in [3.05, 3.63) is 0 Å². The van der Waals surface area contributed by atoms with Gasteiger partial charge in [0.1, 0.15) is 6.04 Å². The molecule has 5 heteroatoms. The van der Waals surface area contributed by atoms with Crippen molar-refractivity contribution in [2.45, 2.75) is 64.5 Å². The molecule has 1 rings (SSSR count). The number of carboxylic acid groups (broad SMARTS) is 1. The number of amides is 2. The van der Waals surface area contributed by atoms with Crippen LogP contribution in [0.4, 0.5) is 4.79 Å². The Morgan fingerprint density at radius 2 is 1.83 bits per heavy atom. The quantitative estimate of drug-likeness (QED) is 0.705.